The van der Waals surface area contributed by atoms with E-state index < -0.39 is 0 Å². The van der Waals surface area contributed by atoms with Crippen LogP contribution >= 0.6 is 0 Å². The molecule has 2 rings (SSSR count). The van der Waals surface area contributed by atoms with Gasteiger partial charge in [-0.05, 0) is 56.4 Å². The monoisotopic (exact) mass is 374 g/mol. The number of nitrogens with zero attached hydrogens (tertiary/aromatic N) is 6. The molecule has 2 aromatic rings. The maximum absolute atomic E-state index is 4.51. The van der Waals surface area contributed by atoms with Gasteiger partial charge in [0.15, 0.2) is 0 Å². The predicted molar refractivity (Wildman–Crippen MR) is 109 cm³/mol. The van der Waals surface area contributed by atoms with Gasteiger partial charge in [0.05, 0.1) is 0 Å². The van der Waals surface area contributed by atoms with Crippen molar-refractivity contribution in [1.29, 1.82) is 0 Å². The van der Waals surface area contributed by atoms with Crippen molar-refractivity contribution in [3.63, 3.8) is 0 Å². The van der Waals surface area contributed by atoms with Gasteiger partial charge in [0.25, 0.3) is 0 Å². The predicted octanol–water partition coefficient (Wildman–Crippen LogP) is -4.46. The Kier molecular flexibility index (Phi) is 16.4. The van der Waals surface area contributed by atoms with Crippen molar-refractivity contribution in [2.45, 2.75) is 26.2 Å². The van der Waals surface area contributed by atoms with Gasteiger partial charge in [-0.15, -0.1) is 22.8 Å². The van der Waals surface area contributed by atoms with Gasteiger partial charge in [-0.3, -0.25) is 0 Å². The van der Waals surface area contributed by atoms with Gasteiger partial charge in [0.2, 0.25) is 0 Å². The van der Waals surface area contributed by atoms with Crippen molar-refractivity contribution >= 4 is 0 Å². The van der Waals surface area contributed by atoms with Crippen LogP contribution in [-0.2, 0) is 26.2 Å². The van der Waals surface area contributed by atoms with Crippen LogP contribution < -0.4 is 47.7 Å². The number of hydrogen-bond donors (Lipinski definition) is 0. The van der Waals surface area contributed by atoms with Crippen LogP contribution in [0.5, 0.6) is 0 Å². The van der Waals surface area contributed by atoms with E-state index in [0.29, 0.717) is 0 Å². The van der Waals surface area contributed by atoms with E-state index in [-0.39, 0.29) is 37.7 Å². The summed E-state index contributed by atoms with van der Waals surface area (Å²) in [5, 5.41) is 0. The smallest absolute Gasteiger partial charge is 0.663 e. The molecule has 0 aliphatic carbocycles. The molecule has 0 amide bonds. The van der Waals surface area contributed by atoms with Crippen LogP contribution in [0, 0.1) is 0 Å². The molecule has 8 heteroatoms. The summed E-state index contributed by atoms with van der Waals surface area (Å²) in [6.07, 6.45) is 0. The molecular weight excluding hydrogens is 338 g/mol. The van der Waals surface area contributed by atoms with Gasteiger partial charge in [-0.2, -0.15) is 0 Å². The zero-order valence-electron chi connectivity index (χ0n) is 19.8. The molecule has 0 bridgehead atoms. The Bertz CT molecular complexity index is 516. The molecule has 0 atom stereocenters. The van der Waals surface area contributed by atoms with Crippen molar-refractivity contribution in [1.82, 2.24) is 29.6 Å². The second-order valence-corrected chi connectivity index (χ2v) is 7.81. The first-order chi connectivity index (χ1) is 12.2. The van der Waals surface area contributed by atoms with Crippen LogP contribution in [0.15, 0.2) is 24.3 Å². The van der Waals surface area contributed by atoms with E-state index >= 15 is 0 Å². The minimum Gasteiger partial charge on any atom is -0.663 e. The largest absolute Gasteiger partial charge is 1.00 e. The summed E-state index contributed by atoms with van der Waals surface area (Å²) in [4.78, 5) is 17.5. The third kappa shape index (κ3) is 13.7. The fourth-order valence-corrected chi connectivity index (χ4v) is 2.55. The Hall–Kier alpha value is -0.405. The second-order valence-electron chi connectivity index (χ2n) is 7.81. The summed E-state index contributed by atoms with van der Waals surface area (Å²) in [6, 6.07) is 8.38. The Labute approximate surface area is 196 Å². The summed E-state index contributed by atoms with van der Waals surface area (Å²) in [7, 11) is 16.4. The summed E-state index contributed by atoms with van der Waals surface area (Å²) < 4.78 is 0. The van der Waals surface area contributed by atoms with Crippen molar-refractivity contribution in [2.24, 2.45) is 0 Å². The normalized spacial score (nSPS) is 10.7. The average Bonchev–Trinajstić information content (AvgIpc) is 3.07. The van der Waals surface area contributed by atoms with Gasteiger partial charge in [0.1, 0.15) is 0 Å². The fraction of sp³-hybridized carbons (Fsp3) is 0.600. The molecule has 0 aliphatic heterocycles. The molecule has 0 saturated carbocycles. The molecule has 0 fully saturated rings. The molecule has 6 nitrogen and oxygen atoms in total. The number of aromatic nitrogens is 2. The molecule has 0 radical (unpaired) electrons. The van der Waals surface area contributed by atoms with Crippen LogP contribution in [0.3, 0.4) is 0 Å². The Morgan fingerprint density at radius 1 is 0.464 bits per heavy atom. The minimum atomic E-state index is 0. The van der Waals surface area contributed by atoms with E-state index in [0.717, 1.165) is 49.0 Å². The Morgan fingerprint density at radius 2 is 0.643 bits per heavy atom. The first kappa shape index (κ1) is 29.8. The molecule has 2 heterocycles. The van der Waals surface area contributed by atoms with E-state index in [1.165, 1.54) is 0 Å². The maximum atomic E-state index is 4.51. The van der Waals surface area contributed by atoms with Gasteiger partial charge in [-0.1, -0.05) is 24.3 Å². The summed E-state index contributed by atoms with van der Waals surface area (Å²) in [5.41, 5.74) is 4.62. The standard InChI is InChI=1S/2C10H18N3.2Li/c2*1-12(2)7-9-5-6-10(11-9)8-13(3)4;;/h2*5-6H,7-8H2,1-4H3;;/q2*-1;2*+1. The summed E-state index contributed by atoms with van der Waals surface area (Å²) in [5.74, 6) is 0. The van der Waals surface area contributed by atoms with Crippen molar-refractivity contribution in [3.05, 3.63) is 47.0 Å². The summed E-state index contributed by atoms with van der Waals surface area (Å²) >= 11 is 0. The minimum absolute atomic E-state index is 0. The topological polar surface area (TPSA) is 41.2 Å². The van der Waals surface area contributed by atoms with Gasteiger partial charge < -0.3 is 29.6 Å². The summed E-state index contributed by atoms with van der Waals surface area (Å²) in [6.45, 7) is 3.70. The molecular formula is C20H36Li2N6. The molecule has 0 N–H and O–H groups in total. The fourth-order valence-electron chi connectivity index (χ4n) is 2.55. The van der Waals surface area contributed by atoms with E-state index in [9.17, 15) is 0 Å². The molecule has 28 heavy (non-hydrogen) atoms. The first-order valence-corrected chi connectivity index (χ1v) is 8.97. The zero-order valence-corrected chi connectivity index (χ0v) is 19.8. The van der Waals surface area contributed by atoms with E-state index in [1.807, 2.05) is 0 Å². The van der Waals surface area contributed by atoms with Gasteiger partial charge in [-0.25, -0.2) is 0 Å². The van der Waals surface area contributed by atoms with Crippen molar-refractivity contribution in [2.75, 3.05) is 56.4 Å². The van der Waals surface area contributed by atoms with E-state index in [1.54, 1.807) is 0 Å². The molecule has 0 aromatic carbocycles. The van der Waals surface area contributed by atoms with Crippen LogP contribution in [-0.4, -0.2) is 76.0 Å². The average molecular weight is 374 g/mol. The molecule has 2 aromatic heterocycles. The Balaban J connectivity index is 0. The van der Waals surface area contributed by atoms with E-state index in [4.69, 9.17) is 0 Å². The molecule has 0 unspecified atom stereocenters. The third-order valence-electron chi connectivity index (χ3n) is 3.42. The molecule has 0 spiro atoms. The van der Waals surface area contributed by atoms with Gasteiger partial charge >= 0.3 is 37.7 Å². The van der Waals surface area contributed by atoms with E-state index in [2.05, 4.69) is 110 Å². The van der Waals surface area contributed by atoms with Crippen LogP contribution in [0.2, 0.25) is 0 Å². The maximum Gasteiger partial charge on any atom is 1.00 e. The first-order valence-electron chi connectivity index (χ1n) is 8.97. The molecule has 148 valence electrons. The molecule has 0 aliphatic rings. The van der Waals surface area contributed by atoms with Crippen LogP contribution in [0.1, 0.15) is 22.8 Å². The number of rotatable bonds is 8. The molecule has 0 saturated heterocycles. The zero-order chi connectivity index (χ0) is 19.7. The number of hydrogen-bond acceptors (Lipinski definition) is 4. The quantitative estimate of drug-likeness (QED) is 0.435. The Morgan fingerprint density at radius 3 is 0.786 bits per heavy atom. The van der Waals surface area contributed by atoms with Crippen LogP contribution in [0.4, 0.5) is 0 Å². The SMILES string of the molecule is CN(C)Cc1ccc(CN(C)C)[n-]1.CN(C)Cc1ccc(CN(C)C)[n-]1.[Li+].[Li+]. The second kappa shape index (κ2) is 15.4. The van der Waals surface area contributed by atoms with Crippen molar-refractivity contribution < 1.29 is 37.7 Å². The third-order valence-corrected chi connectivity index (χ3v) is 3.42. The van der Waals surface area contributed by atoms with Crippen molar-refractivity contribution in [3.8, 4) is 0 Å². The van der Waals surface area contributed by atoms with Crippen LogP contribution in [0.25, 0.3) is 0 Å². The van der Waals surface area contributed by atoms with Gasteiger partial charge in [0, 0.05) is 26.2 Å².